The average Bonchev–Trinajstić information content (AvgIpc) is 2.68. The van der Waals surface area contributed by atoms with E-state index in [-0.39, 0.29) is 23.3 Å². The smallest absolute Gasteiger partial charge is 0.225 e. The van der Waals surface area contributed by atoms with Crippen LogP contribution in [0.25, 0.3) is 0 Å². The number of hydrogen-bond acceptors (Lipinski definition) is 5. The highest BCUT2D eigenvalue weighted by Crippen LogP contribution is 2.31. The van der Waals surface area contributed by atoms with E-state index in [1.54, 1.807) is 18.4 Å². The summed E-state index contributed by atoms with van der Waals surface area (Å²) in [5, 5.41) is 3.14. The maximum atomic E-state index is 12.8. The first kappa shape index (κ1) is 21.0. The number of rotatable bonds is 7. The van der Waals surface area contributed by atoms with Gasteiger partial charge in [-0.2, -0.15) is 5.43 Å². The third-order valence-electron chi connectivity index (χ3n) is 4.84. The van der Waals surface area contributed by atoms with Gasteiger partial charge in [0.05, 0.1) is 23.1 Å². The quantitative estimate of drug-likeness (QED) is 0.669. The number of benzene rings is 1. The monoisotopic (exact) mass is 414 g/mol. The maximum absolute atomic E-state index is 12.8. The predicted octanol–water partition coefficient (Wildman–Crippen LogP) is 2.22. The molecule has 0 spiro atoms. The summed E-state index contributed by atoms with van der Waals surface area (Å²) >= 11 is 6.09. The second kappa shape index (κ2) is 9.15. The lowest BCUT2D eigenvalue weighted by Crippen LogP contribution is -2.32. The molecule has 1 unspecified atom stereocenters. The van der Waals surface area contributed by atoms with Crippen molar-refractivity contribution in [1.29, 1.82) is 0 Å². The van der Waals surface area contributed by atoms with Crippen LogP contribution in [-0.2, 0) is 9.59 Å². The van der Waals surface area contributed by atoms with E-state index in [2.05, 4.69) is 26.0 Å². The van der Waals surface area contributed by atoms with E-state index < -0.39 is 5.92 Å². The van der Waals surface area contributed by atoms with Gasteiger partial charge in [0.1, 0.15) is 5.16 Å². The number of nitrogens with one attached hydrogen (secondary N) is 2. The SMILES string of the molecule is CN(C)CCN(C)c1ccccc1NC(=O)CC1C=CC2=C[N]NC(Cl)=C2C1=O. The number of nitrogens with zero attached hydrogens (tertiary/aromatic N) is 3. The molecular weight excluding hydrogens is 390 g/mol. The Kier molecular flexibility index (Phi) is 6.61. The number of anilines is 2. The molecule has 1 aliphatic heterocycles. The van der Waals surface area contributed by atoms with Crippen molar-refractivity contribution in [1.82, 2.24) is 15.8 Å². The molecule has 3 rings (SSSR count). The fourth-order valence-electron chi connectivity index (χ4n) is 3.22. The third-order valence-corrected chi connectivity index (χ3v) is 5.12. The lowest BCUT2D eigenvalue weighted by atomic mass is 9.85. The number of likely N-dealkylation sites (N-methyl/N-ethyl adjacent to an activating group) is 2. The van der Waals surface area contributed by atoms with Gasteiger partial charge in [-0.1, -0.05) is 35.9 Å². The van der Waals surface area contributed by atoms with E-state index in [1.807, 2.05) is 45.4 Å². The molecule has 1 amide bonds. The van der Waals surface area contributed by atoms with Crippen molar-refractivity contribution in [3.05, 3.63) is 58.9 Å². The summed E-state index contributed by atoms with van der Waals surface area (Å²) in [7, 11) is 6.04. The van der Waals surface area contributed by atoms with Crippen LogP contribution >= 0.6 is 11.6 Å². The highest BCUT2D eigenvalue weighted by molar-refractivity contribution is 6.32. The Morgan fingerprint density at radius 1 is 1.24 bits per heavy atom. The van der Waals surface area contributed by atoms with Crippen LogP contribution in [-0.4, -0.2) is 50.8 Å². The molecule has 1 aromatic rings. The number of Topliss-reactive ketones (excluding diaryl/α,β-unsaturated/α-hetero) is 1. The van der Waals surface area contributed by atoms with Crippen molar-refractivity contribution in [3.63, 3.8) is 0 Å². The maximum Gasteiger partial charge on any atom is 0.225 e. The Morgan fingerprint density at radius 3 is 2.76 bits per heavy atom. The molecule has 7 nitrogen and oxygen atoms in total. The Labute approximate surface area is 176 Å². The van der Waals surface area contributed by atoms with Crippen LogP contribution in [0.4, 0.5) is 11.4 Å². The molecule has 153 valence electrons. The predicted molar refractivity (Wildman–Crippen MR) is 115 cm³/mol. The van der Waals surface area contributed by atoms with Crippen LogP contribution in [0, 0.1) is 5.92 Å². The van der Waals surface area contributed by atoms with Crippen LogP contribution in [0.5, 0.6) is 0 Å². The van der Waals surface area contributed by atoms with Crippen LogP contribution in [0.1, 0.15) is 6.42 Å². The molecule has 29 heavy (non-hydrogen) atoms. The van der Waals surface area contributed by atoms with Gasteiger partial charge >= 0.3 is 0 Å². The number of para-hydroxylation sites is 2. The topological polar surface area (TPSA) is 78.8 Å². The average molecular weight is 415 g/mol. The molecule has 2 N–H and O–H groups in total. The summed E-state index contributed by atoms with van der Waals surface area (Å²) in [6, 6.07) is 7.65. The minimum Gasteiger partial charge on any atom is -0.372 e. The normalized spacial score (nSPS) is 18.0. The van der Waals surface area contributed by atoms with Gasteiger partial charge in [-0.05, 0) is 26.2 Å². The first-order chi connectivity index (χ1) is 13.9. The van der Waals surface area contributed by atoms with E-state index in [4.69, 9.17) is 11.6 Å². The summed E-state index contributed by atoms with van der Waals surface area (Å²) in [6.07, 6.45) is 5.11. The minimum absolute atomic E-state index is 0.0448. The number of fused-ring (bicyclic) bond motifs is 1. The highest BCUT2D eigenvalue weighted by Gasteiger charge is 2.31. The van der Waals surface area contributed by atoms with Gasteiger partial charge in [0.25, 0.3) is 0 Å². The first-order valence-electron chi connectivity index (χ1n) is 9.40. The Bertz CT molecular complexity index is 891. The molecule has 0 saturated carbocycles. The number of allylic oxidation sites excluding steroid dienone is 4. The van der Waals surface area contributed by atoms with E-state index in [0.29, 0.717) is 11.1 Å². The standard InChI is InChI=1S/C21H25ClN5O2/c1-26(2)10-11-27(3)17-7-5-4-6-16(17)24-18(28)12-14-8-9-15-13-23-25-21(22)19(15)20(14)29/h4-9,13-14,25H,10-12H2,1-3H3,(H,24,28). The zero-order valence-electron chi connectivity index (χ0n) is 16.8. The summed E-state index contributed by atoms with van der Waals surface area (Å²) in [5.74, 6) is -0.966. The number of carbonyl (C=O) groups excluding carboxylic acids is 2. The van der Waals surface area contributed by atoms with Crippen molar-refractivity contribution in [2.45, 2.75) is 6.42 Å². The van der Waals surface area contributed by atoms with E-state index >= 15 is 0 Å². The molecule has 0 aromatic heterocycles. The fourth-order valence-corrected chi connectivity index (χ4v) is 3.47. The third kappa shape index (κ3) is 4.99. The molecule has 1 heterocycles. The van der Waals surface area contributed by atoms with Gasteiger partial charge in [0.2, 0.25) is 5.91 Å². The molecule has 0 fully saturated rings. The zero-order valence-corrected chi connectivity index (χ0v) is 17.5. The molecule has 0 saturated heterocycles. The number of hydrogen-bond donors (Lipinski definition) is 2. The van der Waals surface area contributed by atoms with Gasteiger partial charge in [0.15, 0.2) is 5.78 Å². The molecule has 1 radical (unpaired) electrons. The number of carbonyl (C=O) groups is 2. The molecule has 1 atom stereocenters. The number of halogens is 1. The van der Waals surface area contributed by atoms with E-state index in [1.165, 1.54) is 0 Å². The largest absolute Gasteiger partial charge is 0.372 e. The van der Waals surface area contributed by atoms with Crippen LogP contribution in [0.3, 0.4) is 0 Å². The second-order valence-corrected chi connectivity index (χ2v) is 7.72. The van der Waals surface area contributed by atoms with Crippen LogP contribution in [0.2, 0.25) is 0 Å². The van der Waals surface area contributed by atoms with Gasteiger partial charge in [0, 0.05) is 38.0 Å². The van der Waals surface area contributed by atoms with Gasteiger partial charge < -0.3 is 15.1 Å². The van der Waals surface area contributed by atoms with Crippen molar-refractivity contribution in [2.24, 2.45) is 5.92 Å². The molecule has 2 aliphatic rings. The van der Waals surface area contributed by atoms with Crippen molar-refractivity contribution >= 4 is 34.7 Å². The Morgan fingerprint density at radius 2 is 2.00 bits per heavy atom. The minimum atomic E-state index is -0.561. The zero-order chi connectivity index (χ0) is 21.0. The molecule has 8 heteroatoms. The summed E-state index contributed by atoms with van der Waals surface area (Å²) in [4.78, 5) is 29.7. The lowest BCUT2D eigenvalue weighted by molar-refractivity contribution is -0.123. The van der Waals surface area contributed by atoms with Crippen molar-refractivity contribution < 1.29 is 9.59 Å². The highest BCUT2D eigenvalue weighted by atomic mass is 35.5. The summed E-state index contributed by atoms with van der Waals surface area (Å²) in [5.41, 5.74) is 9.17. The molecule has 1 aliphatic carbocycles. The first-order valence-corrected chi connectivity index (χ1v) is 9.78. The molecular formula is C21H25ClN5O2. The fraction of sp³-hybridized carbons (Fsp3) is 0.333. The van der Waals surface area contributed by atoms with Crippen LogP contribution < -0.4 is 21.1 Å². The number of amides is 1. The lowest BCUT2D eigenvalue weighted by Gasteiger charge is -2.25. The second-order valence-electron chi connectivity index (χ2n) is 7.34. The van der Waals surface area contributed by atoms with Crippen molar-refractivity contribution in [2.75, 3.05) is 44.4 Å². The molecule has 1 aromatic carbocycles. The molecule has 0 bridgehead atoms. The van der Waals surface area contributed by atoms with E-state index in [9.17, 15) is 9.59 Å². The Hall–Kier alpha value is -2.77. The van der Waals surface area contributed by atoms with Gasteiger partial charge in [-0.15, -0.1) is 0 Å². The summed E-state index contributed by atoms with van der Waals surface area (Å²) < 4.78 is 0. The Balaban J connectivity index is 1.69. The van der Waals surface area contributed by atoms with Crippen LogP contribution in [0.15, 0.2) is 58.9 Å². The number of ketones is 1. The summed E-state index contributed by atoms with van der Waals surface area (Å²) in [6.45, 7) is 1.72. The van der Waals surface area contributed by atoms with Gasteiger partial charge in [-0.25, -0.2) is 0 Å². The van der Waals surface area contributed by atoms with E-state index in [0.717, 1.165) is 24.5 Å². The van der Waals surface area contributed by atoms with Crippen molar-refractivity contribution in [3.8, 4) is 0 Å². The van der Waals surface area contributed by atoms with Gasteiger partial charge in [-0.3, -0.25) is 15.0 Å².